The monoisotopic (exact) mass is 233 g/mol. The number of rotatable bonds is 5. The Morgan fingerprint density at radius 3 is 2.35 bits per heavy atom. The van der Waals surface area contributed by atoms with Gasteiger partial charge in [-0.2, -0.15) is 0 Å². The number of hydrogen-bond acceptors (Lipinski definition) is 4. The molecule has 0 spiro atoms. The Morgan fingerprint density at radius 1 is 1.29 bits per heavy atom. The van der Waals surface area contributed by atoms with Crippen LogP contribution in [0.2, 0.25) is 0 Å². The van der Waals surface area contributed by atoms with E-state index in [0.29, 0.717) is 5.56 Å². The van der Waals surface area contributed by atoms with E-state index < -0.39 is 11.9 Å². The zero-order valence-corrected chi connectivity index (χ0v) is 9.90. The summed E-state index contributed by atoms with van der Waals surface area (Å²) in [6, 6.07) is 8.71. The van der Waals surface area contributed by atoms with Gasteiger partial charge in [0.2, 0.25) is 0 Å². The second-order valence-electron chi connectivity index (χ2n) is 3.58. The third-order valence-corrected chi connectivity index (χ3v) is 2.30. The summed E-state index contributed by atoms with van der Waals surface area (Å²) in [4.78, 5) is 23.0. The zero-order chi connectivity index (χ0) is 12.8. The summed E-state index contributed by atoms with van der Waals surface area (Å²) in [6.07, 6.45) is 0. The van der Waals surface area contributed by atoms with Crippen LogP contribution in [0.25, 0.3) is 0 Å². The van der Waals surface area contributed by atoms with Crippen LogP contribution in [0.15, 0.2) is 30.3 Å². The number of benzene rings is 1. The Morgan fingerprint density at radius 2 is 1.88 bits per heavy atom. The van der Waals surface area contributed by atoms with Crippen LogP contribution < -0.4 is 0 Å². The van der Waals surface area contributed by atoms with Crippen LogP contribution in [0, 0.1) is 11.3 Å². The van der Waals surface area contributed by atoms with Gasteiger partial charge in [0.05, 0.1) is 12.3 Å². The summed E-state index contributed by atoms with van der Waals surface area (Å²) in [5.74, 6) is -2.16. The molecule has 1 aromatic rings. The minimum atomic E-state index is -1.13. The lowest BCUT2D eigenvalue weighted by atomic mass is 9.93. The number of ether oxygens (including phenoxy) is 1. The van der Waals surface area contributed by atoms with Crippen LogP contribution in [-0.4, -0.2) is 24.1 Å². The van der Waals surface area contributed by atoms with Gasteiger partial charge in [-0.15, -0.1) is 0 Å². The number of carbonyl (C=O) groups is 2. The van der Waals surface area contributed by atoms with E-state index in [1.165, 1.54) is 6.92 Å². The van der Waals surface area contributed by atoms with Crippen LogP contribution in [0.3, 0.4) is 0 Å². The summed E-state index contributed by atoms with van der Waals surface area (Å²) in [7, 11) is 0. The van der Waals surface area contributed by atoms with E-state index in [9.17, 15) is 9.59 Å². The smallest absolute Gasteiger partial charge is 0.322 e. The van der Waals surface area contributed by atoms with Crippen molar-refractivity contribution in [3.8, 4) is 0 Å². The highest BCUT2D eigenvalue weighted by Gasteiger charge is 2.30. The van der Waals surface area contributed by atoms with Crippen molar-refractivity contribution >= 4 is 17.5 Å². The molecule has 17 heavy (non-hydrogen) atoms. The fourth-order valence-corrected chi connectivity index (χ4v) is 1.50. The van der Waals surface area contributed by atoms with E-state index in [1.54, 1.807) is 31.2 Å². The van der Waals surface area contributed by atoms with Crippen molar-refractivity contribution in [2.75, 3.05) is 6.61 Å². The summed E-state index contributed by atoms with van der Waals surface area (Å²) in [6.45, 7) is 3.16. The topological polar surface area (TPSA) is 67.2 Å². The van der Waals surface area contributed by atoms with Crippen molar-refractivity contribution in [3.05, 3.63) is 35.9 Å². The van der Waals surface area contributed by atoms with Crippen molar-refractivity contribution in [1.82, 2.24) is 0 Å². The number of esters is 1. The first-order chi connectivity index (χ1) is 8.07. The summed E-state index contributed by atoms with van der Waals surface area (Å²) in [5.41, 5.74) is 0.539. The summed E-state index contributed by atoms with van der Waals surface area (Å²) < 4.78 is 4.81. The predicted octanol–water partition coefficient (Wildman–Crippen LogP) is 1.82. The largest absolute Gasteiger partial charge is 0.465 e. The van der Waals surface area contributed by atoms with Crippen molar-refractivity contribution in [1.29, 1.82) is 5.41 Å². The van der Waals surface area contributed by atoms with Gasteiger partial charge in [0.15, 0.2) is 5.92 Å². The Labute approximate surface area is 100 Å². The highest BCUT2D eigenvalue weighted by atomic mass is 16.5. The molecule has 1 unspecified atom stereocenters. The molecule has 4 heteroatoms. The molecule has 0 saturated heterocycles. The first kappa shape index (κ1) is 13.1. The highest BCUT2D eigenvalue weighted by Crippen LogP contribution is 2.12. The molecule has 0 amide bonds. The fraction of sp³-hybridized carbons (Fsp3) is 0.308. The lowest BCUT2D eigenvalue weighted by molar-refractivity contribution is -0.148. The predicted molar refractivity (Wildman–Crippen MR) is 64.1 cm³/mol. The van der Waals surface area contributed by atoms with E-state index >= 15 is 0 Å². The van der Waals surface area contributed by atoms with Crippen LogP contribution in [0.5, 0.6) is 0 Å². The molecule has 0 aromatic heterocycles. The van der Waals surface area contributed by atoms with E-state index in [-0.39, 0.29) is 18.1 Å². The van der Waals surface area contributed by atoms with Crippen LogP contribution in [0.4, 0.5) is 0 Å². The molecule has 1 rings (SSSR count). The van der Waals surface area contributed by atoms with Gasteiger partial charge in [-0.3, -0.25) is 9.59 Å². The standard InChI is InChI=1S/C13H15NO3/c1-3-17-13(16)11(9(2)15)12(14)10-7-5-4-6-8-10/h4-8,11,14H,3H2,1-2H3. The minimum Gasteiger partial charge on any atom is -0.465 e. The maximum atomic E-state index is 11.6. The first-order valence-corrected chi connectivity index (χ1v) is 5.38. The van der Waals surface area contributed by atoms with E-state index in [2.05, 4.69) is 0 Å². The molecule has 0 heterocycles. The average molecular weight is 233 g/mol. The molecule has 0 fully saturated rings. The molecule has 0 bridgehead atoms. The maximum absolute atomic E-state index is 11.6. The lowest BCUT2D eigenvalue weighted by Gasteiger charge is -2.13. The maximum Gasteiger partial charge on any atom is 0.322 e. The second kappa shape index (κ2) is 5.94. The summed E-state index contributed by atoms with van der Waals surface area (Å²) in [5, 5.41) is 7.90. The second-order valence-corrected chi connectivity index (χ2v) is 3.58. The van der Waals surface area contributed by atoms with Crippen molar-refractivity contribution in [3.63, 3.8) is 0 Å². The van der Waals surface area contributed by atoms with Crippen molar-refractivity contribution in [2.24, 2.45) is 5.92 Å². The molecule has 90 valence electrons. The molecule has 0 aliphatic heterocycles. The minimum absolute atomic E-state index is 0.0171. The van der Waals surface area contributed by atoms with Gasteiger partial charge < -0.3 is 10.1 Å². The zero-order valence-electron chi connectivity index (χ0n) is 9.90. The molecule has 0 radical (unpaired) electrons. The van der Waals surface area contributed by atoms with Gasteiger partial charge in [-0.05, 0) is 19.4 Å². The first-order valence-electron chi connectivity index (χ1n) is 5.38. The van der Waals surface area contributed by atoms with Gasteiger partial charge in [0, 0.05) is 0 Å². The van der Waals surface area contributed by atoms with E-state index in [1.807, 2.05) is 6.07 Å². The number of hydrogen-bond donors (Lipinski definition) is 1. The van der Waals surface area contributed by atoms with Crippen LogP contribution in [0.1, 0.15) is 19.4 Å². The van der Waals surface area contributed by atoms with Gasteiger partial charge in [0.25, 0.3) is 0 Å². The third-order valence-electron chi connectivity index (χ3n) is 2.30. The third kappa shape index (κ3) is 3.24. The molecular weight excluding hydrogens is 218 g/mol. The van der Waals surface area contributed by atoms with Crippen molar-refractivity contribution < 1.29 is 14.3 Å². The van der Waals surface area contributed by atoms with E-state index in [4.69, 9.17) is 10.1 Å². The Hall–Kier alpha value is -1.97. The molecular formula is C13H15NO3. The quantitative estimate of drug-likeness (QED) is 0.479. The Balaban J connectivity index is 2.97. The number of Topliss-reactive ketones (excluding diaryl/α,β-unsaturated/α-hetero) is 1. The van der Waals surface area contributed by atoms with Gasteiger partial charge in [-0.25, -0.2) is 0 Å². The molecule has 1 aromatic carbocycles. The molecule has 0 aliphatic carbocycles. The summed E-state index contributed by atoms with van der Waals surface area (Å²) >= 11 is 0. The number of nitrogens with one attached hydrogen (secondary N) is 1. The SMILES string of the molecule is CCOC(=O)C(C(=N)c1ccccc1)C(C)=O. The average Bonchev–Trinajstić information content (AvgIpc) is 2.30. The van der Waals surface area contributed by atoms with Crippen LogP contribution >= 0.6 is 0 Å². The van der Waals surface area contributed by atoms with Gasteiger partial charge in [-0.1, -0.05) is 30.3 Å². The lowest BCUT2D eigenvalue weighted by Crippen LogP contribution is -2.32. The molecule has 0 saturated carbocycles. The van der Waals surface area contributed by atoms with E-state index in [0.717, 1.165) is 0 Å². The van der Waals surface area contributed by atoms with Crippen LogP contribution in [-0.2, 0) is 14.3 Å². The fourth-order valence-electron chi connectivity index (χ4n) is 1.50. The number of ketones is 1. The van der Waals surface area contributed by atoms with Gasteiger partial charge >= 0.3 is 5.97 Å². The number of carbonyl (C=O) groups excluding carboxylic acids is 2. The molecule has 1 atom stereocenters. The highest BCUT2D eigenvalue weighted by molar-refractivity contribution is 6.22. The molecule has 4 nitrogen and oxygen atoms in total. The Kier molecular flexibility index (Phi) is 4.57. The van der Waals surface area contributed by atoms with Gasteiger partial charge in [0.1, 0.15) is 5.78 Å². The normalized spacial score (nSPS) is 11.6. The molecule has 1 N–H and O–H groups in total. The Bertz CT molecular complexity index is 426. The molecule has 0 aliphatic rings. The van der Waals surface area contributed by atoms with Crippen molar-refractivity contribution in [2.45, 2.75) is 13.8 Å².